The van der Waals surface area contributed by atoms with E-state index in [1.807, 2.05) is 13.8 Å². The molecular weight excluding hydrogens is 244 g/mol. The van der Waals surface area contributed by atoms with Gasteiger partial charge in [0, 0.05) is 0 Å². The van der Waals surface area contributed by atoms with Crippen molar-refractivity contribution >= 4 is 5.97 Å². The van der Waals surface area contributed by atoms with E-state index in [1.54, 1.807) is 18.2 Å². The molecule has 0 fully saturated rings. The summed E-state index contributed by atoms with van der Waals surface area (Å²) < 4.78 is 10.2. The molecular formula is C15H20O4. The summed E-state index contributed by atoms with van der Waals surface area (Å²) in [7, 11) is 1.44. The SMILES string of the molecule is C=CCc1cc(OC)c(O)c(C(=O)OCC(C)C)c1. The zero-order chi connectivity index (χ0) is 14.4. The van der Waals surface area contributed by atoms with Crippen molar-refractivity contribution in [1.82, 2.24) is 0 Å². The molecule has 0 aliphatic rings. The molecule has 1 aromatic carbocycles. The van der Waals surface area contributed by atoms with Gasteiger partial charge in [-0.2, -0.15) is 0 Å². The van der Waals surface area contributed by atoms with Crippen LogP contribution in [0, 0.1) is 5.92 Å². The van der Waals surface area contributed by atoms with Crippen LogP contribution in [0.15, 0.2) is 24.8 Å². The fourth-order valence-corrected chi connectivity index (χ4v) is 1.58. The van der Waals surface area contributed by atoms with Crippen LogP contribution in [0.25, 0.3) is 0 Å². The van der Waals surface area contributed by atoms with Crippen molar-refractivity contribution in [2.24, 2.45) is 5.92 Å². The van der Waals surface area contributed by atoms with Crippen molar-refractivity contribution in [3.05, 3.63) is 35.9 Å². The molecule has 4 heteroatoms. The van der Waals surface area contributed by atoms with Crippen molar-refractivity contribution in [2.45, 2.75) is 20.3 Å². The van der Waals surface area contributed by atoms with Crippen molar-refractivity contribution < 1.29 is 19.4 Å². The van der Waals surface area contributed by atoms with Crippen LogP contribution in [-0.2, 0) is 11.2 Å². The fraction of sp³-hybridized carbons (Fsp3) is 0.400. The topological polar surface area (TPSA) is 55.8 Å². The molecule has 1 rings (SSSR count). The predicted molar refractivity (Wildman–Crippen MR) is 73.7 cm³/mol. The molecule has 4 nitrogen and oxygen atoms in total. The highest BCUT2D eigenvalue weighted by atomic mass is 16.5. The smallest absolute Gasteiger partial charge is 0.342 e. The maximum absolute atomic E-state index is 11.9. The van der Waals surface area contributed by atoms with Crippen LogP contribution in [0.2, 0.25) is 0 Å². The molecule has 104 valence electrons. The van der Waals surface area contributed by atoms with Crippen LogP contribution >= 0.6 is 0 Å². The maximum atomic E-state index is 11.9. The van der Waals surface area contributed by atoms with Gasteiger partial charge >= 0.3 is 5.97 Å². The van der Waals surface area contributed by atoms with Crippen LogP contribution < -0.4 is 4.74 Å². The van der Waals surface area contributed by atoms with Gasteiger partial charge in [0.1, 0.15) is 5.56 Å². The Morgan fingerprint density at radius 3 is 2.68 bits per heavy atom. The van der Waals surface area contributed by atoms with Gasteiger partial charge in [-0.05, 0) is 30.0 Å². The number of allylic oxidation sites excluding steroid dienone is 1. The molecule has 0 saturated carbocycles. The fourth-order valence-electron chi connectivity index (χ4n) is 1.58. The first kappa shape index (κ1) is 15.1. The minimum absolute atomic E-state index is 0.122. The molecule has 19 heavy (non-hydrogen) atoms. The van der Waals surface area contributed by atoms with Gasteiger partial charge in [0.2, 0.25) is 0 Å². The Labute approximate surface area is 113 Å². The highest BCUT2D eigenvalue weighted by Crippen LogP contribution is 2.32. The predicted octanol–water partition coefficient (Wildman–Crippen LogP) is 2.94. The minimum Gasteiger partial charge on any atom is -0.504 e. The highest BCUT2D eigenvalue weighted by molar-refractivity contribution is 5.93. The number of esters is 1. The van der Waals surface area contributed by atoms with E-state index in [1.165, 1.54) is 7.11 Å². The minimum atomic E-state index is -0.546. The molecule has 0 unspecified atom stereocenters. The third-order valence-corrected chi connectivity index (χ3v) is 2.50. The second-order valence-electron chi connectivity index (χ2n) is 4.68. The van der Waals surface area contributed by atoms with Gasteiger partial charge in [-0.25, -0.2) is 4.79 Å². The van der Waals surface area contributed by atoms with E-state index in [0.717, 1.165) is 5.56 Å². The van der Waals surface area contributed by atoms with E-state index in [4.69, 9.17) is 9.47 Å². The number of benzene rings is 1. The first-order chi connectivity index (χ1) is 8.99. The number of ether oxygens (including phenoxy) is 2. The van der Waals surface area contributed by atoms with Gasteiger partial charge in [0.25, 0.3) is 0 Å². The van der Waals surface area contributed by atoms with E-state index in [9.17, 15) is 9.90 Å². The molecule has 1 N–H and O–H groups in total. The Kier molecular flexibility index (Phi) is 5.42. The van der Waals surface area contributed by atoms with Gasteiger partial charge in [0.15, 0.2) is 11.5 Å². The number of hydrogen-bond acceptors (Lipinski definition) is 4. The van der Waals surface area contributed by atoms with Gasteiger partial charge in [-0.15, -0.1) is 6.58 Å². The molecule has 0 bridgehead atoms. The van der Waals surface area contributed by atoms with Crippen LogP contribution in [0.5, 0.6) is 11.5 Å². The van der Waals surface area contributed by atoms with Gasteiger partial charge in [0.05, 0.1) is 13.7 Å². The Morgan fingerprint density at radius 1 is 1.47 bits per heavy atom. The van der Waals surface area contributed by atoms with Crippen LogP contribution in [-0.4, -0.2) is 24.8 Å². The van der Waals surface area contributed by atoms with E-state index < -0.39 is 5.97 Å². The second kappa shape index (κ2) is 6.83. The van der Waals surface area contributed by atoms with Crippen molar-refractivity contribution in [2.75, 3.05) is 13.7 Å². The lowest BCUT2D eigenvalue weighted by atomic mass is 10.1. The zero-order valence-electron chi connectivity index (χ0n) is 11.6. The molecule has 0 aliphatic heterocycles. The standard InChI is InChI=1S/C15H20O4/c1-5-6-11-7-12(14(16)13(8-11)18-4)15(17)19-9-10(2)3/h5,7-8,10,16H,1,6,9H2,2-4H3. The van der Waals surface area contributed by atoms with Gasteiger partial charge < -0.3 is 14.6 Å². The van der Waals surface area contributed by atoms with E-state index in [2.05, 4.69) is 6.58 Å². The zero-order valence-corrected chi connectivity index (χ0v) is 11.6. The van der Waals surface area contributed by atoms with Crippen LogP contribution in [0.1, 0.15) is 29.8 Å². The Morgan fingerprint density at radius 2 is 2.16 bits per heavy atom. The normalized spacial score (nSPS) is 10.3. The van der Waals surface area contributed by atoms with E-state index in [-0.39, 0.29) is 23.0 Å². The van der Waals surface area contributed by atoms with Crippen molar-refractivity contribution in [1.29, 1.82) is 0 Å². The lowest BCUT2D eigenvalue weighted by Crippen LogP contribution is -2.11. The number of phenolic OH excluding ortho intramolecular Hbond substituents is 1. The second-order valence-corrected chi connectivity index (χ2v) is 4.68. The van der Waals surface area contributed by atoms with E-state index in [0.29, 0.717) is 13.0 Å². The average Bonchev–Trinajstić information content (AvgIpc) is 2.38. The molecule has 0 amide bonds. The van der Waals surface area contributed by atoms with Crippen LogP contribution in [0.4, 0.5) is 0 Å². The third kappa shape index (κ3) is 4.02. The molecule has 0 spiro atoms. The molecule has 0 aliphatic carbocycles. The number of aromatic hydroxyl groups is 1. The quantitative estimate of drug-likeness (QED) is 0.634. The average molecular weight is 264 g/mol. The summed E-state index contributed by atoms with van der Waals surface area (Å²) in [6, 6.07) is 3.28. The number of carbonyl (C=O) groups excluding carboxylic acids is 1. The van der Waals surface area contributed by atoms with Crippen molar-refractivity contribution in [3.63, 3.8) is 0 Å². The summed E-state index contributed by atoms with van der Waals surface area (Å²) in [5.41, 5.74) is 0.956. The molecule has 1 aromatic rings. The Balaban J connectivity index is 3.06. The van der Waals surface area contributed by atoms with Gasteiger partial charge in [-0.1, -0.05) is 19.9 Å². The van der Waals surface area contributed by atoms with E-state index >= 15 is 0 Å². The summed E-state index contributed by atoms with van der Waals surface area (Å²) in [5, 5.41) is 9.97. The monoisotopic (exact) mass is 264 g/mol. The summed E-state index contributed by atoms with van der Waals surface area (Å²) >= 11 is 0. The Hall–Kier alpha value is -1.97. The number of hydrogen-bond donors (Lipinski definition) is 1. The largest absolute Gasteiger partial charge is 0.504 e. The molecule has 0 radical (unpaired) electrons. The molecule has 0 aromatic heterocycles. The summed E-state index contributed by atoms with van der Waals surface area (Å²) in [4.78, 5) is 11.9. The number of phenols is 1. The number of rotatable bonds is 6. The lowest BCUT2D eigenvalue weighted by Gasteiger charge is -2.12. The summed E-state index contributed by atoms with van der Waals surface area (Å²) in [5.74, 6) is -0.236. The third-order valence-electron chi connectivity index (χ3n) is 2.50. The highest BCUT2D eigenvalue weighted by Gasteiger charge is 2.18. The maximum Gasteiger partial charge on any atom is 0.342 e. The van der Waals surface area contributed by atoms with Crippen molar-refractivity contribution in [3.8, 4) is 11.5 Å². The number of carbonyl (C=O) groups is 1. The summed E-state index contributed by atoms with van der Waals surface area (Å²) in [6.07, 6.45) is 2.30. The molecule has 0 saturated heterocycles. The Bertz CT molecular complexity index is 463. The molecule has 0 atom stereocenters. The van der Waals surface area contributed by atoms with Gasteiger partial charge in [-0.3, -0.25) is 0 Å². The van der Waals surface area contributed by atoms with Crippen LogP contribution in [0.3, 0.4) is 0 Å². The summed E-state index contributed by atoms with van der Waals surface area (Å²) in [6.45, 7) is 7.85. The first-order valence-corrected chi connectivity index (χ1v) is 6.17. The lowest BCUT2D eigenvalue weighted by molar-refractivity contribution is 0.0455. The molecule has 0 heterocycles. The number of methoxy groups -OCH3 is 1. The first-order valence-electron chi connectivity index (χ1n) is 6.17.